The topological polar surface area (TPSA) is 38.9 Å². The second-order valence-corrected chi connectivity index (χ2v) is 5.52. The van der Waals surface area contributed by atoms with Gasteiger partial charge in [0.05, 0.1) is 5.02 Å². The lowest BCUT2D eigenvalue weighted by Crippen LogP contribution is -2.26. The second kappa shape index (κ2) is 5.83. The van der Waals surface area contributed by atoms with Crippen LogP contribution < -0.4 is 5.73 Å². The number of pyridine rings is 1. The minimum atomic E-state index is 0.0725. The second-order valence-electron chi connectivity index (χ2n) is 5.11. The van der Waals surface area contributed by atoms with Gasteiger partial charge in [-0.1, -0.05) is 37.8 Å². The molecule has 1 saturated carbocycles. The predicted molar refractivity (Wildman–Crippen MR) is 71.9 cm³/mol. The highest BCUT2D eigenvalue weighted by Crippen LogP contribution is 2.38. The van der Waals surface area contributed by atoms with Crippen molar-refractivity contribution in [3.8, 4) is 0 Å². The zero-order chi connectivity index (χ0) is 12.3. The summed E-state index contributed by atoms with van der Waals surface area (Å²) < 4.78 is 0. The Morgan fingerprint density at radius 1 is 1.41 bits per heavy atom. The molecule has 1 aromatic rings. The molecule has 3 heteroatoms. The van der Waals surface area contributed by atoms with E-state index in [2.05, 4.69) is 11.9 Å². The van der Waals surface area contributed by atoms with E-state index in [0.717, 1.165) is 11.5 Å². The van der Waals surface area contributed by atoms with Gasteiger partial charge in [0.1, 0.15) is 0 Å². The Morgan fingerprint density at radius 3 is 2.71 bits per heavy atom. The Hall–Kier alpha value is -0.600. The summed E-state index contributed by atoms with van der Waals surface area (Å²) in [6.07, 6.45) is 9.87. The highest BCUT2D eigenvalue weighted by Gasteiger charge is 2.26. The third kappa shape index (κ3) is 2.99. The minimum Gasteiger partial charge on any atom is -0.324 e. The summed E-state index contributed by atoms with van der Waals surface area (Å²) in [7, 11) is 0. The van der Waals surface area contributed by atoms with Gasteiger partial charge in [0, 0.05) is 18.4 Å². The maximum absolute atomic E-state index is 6.35. The Bertz CT molecular complexity index is 359. The molecule has 2 rings (SSSR count). The number of nitrogens with two attached hydrogens (primary N) is 1. The van der Waals surface area contributed by atoms with E-state index in [-0.39, 0.29) is 6.04 Å². The van der Waals surface area contributed by atoms with Gasteiger partial charge in [0.15, 0.2) is 0 Å². The fourth-order valence-electron chi connectivity index (χ4n) is 2.87. The Balaban J connectivity index is 2.02. The van der Waals surface area contributed by atoms with Gasteiger partial charge in [-0.05, 0) is 36.3 Å². The average Bonchev–Trinajstić information content (AvgIpc) is 2.39. The molecule has 1 aliphatic rings. The Labute approximate surface area is 109 Å². The number of aromatic nitrogens is 1. The van der Waals surface area contributed by atoms with Crippen molar-refractivity contribution in [3.05, 3.63) is 29.0 Å². The van der Waals surface area contributed by atoms with E-state index in [1.54, 1.807) is 12.4 Å². The van der Waals surface area contributed by atoms with Crippen LogP contribution in [0.3, 0.4) is 0 Å². The summed E-state index contributed by atoms with van der Waals surface area (Å²) in [5.74, 6) is 1.49. The third-order valence-electron chi connectivity index (χ3n) is 4.14. The van der Waals surface area contributed by atoms with Gasteiger partial charge in [-0.15, -0.1) is 0 Å². The normalized spacial score (nSPS) is 26.8. The Morgan fingerprint density at radius 2 is 2.12 bits per heavy atom. The third-order valence-corrected chi connectivity index (χ3v) is 4.46. The highest BCUT2D eigenvalue weighted by atomic mass is 35.5. The summed E-state index contributed by atoms with van der Waals surface area (Å²) in [6.45, 7) is 2.28. The first-order chi connectivity index (χ1) is 8.22. The standard InChI is InChI=1S/C14H21ClN2/c1-2-10-3-5-11(6-4-10)14(16)12-7-8-17-9-13(12)15/h7-11,14H,2-6,16H2,1H3. The molecule has 0 spiro atoms. The van der Waals surface area contributed by atoms with Gasteiger partial charge in [-0.25, -0.2) is 0 Å². The summed E-state index contributed by atoms with van der Waals surface area (Å²) in [5, 5.41) is 0.706. The van der Waals surface area contributed by atoms with E-state index in [1.807, 2.05) is 6.07 Å². The molecule has 17 heavy (non-hydrogen) atoms. The molecular weight excluding hydrogens is 232 g/mol. The van der Waals surface area contributed by atoms with Crippen LogP contribution in [0.4, 0.5) is 0 Å². The van der Waals surface area contributed by atoms with Crippen LogP contribution in [0.15, 0.2) is 18.5 Å². The molecule has 1 aromatic heterocycles. The van der Waals surface area contributed by atoms with Crippen LogP contribution in [0.1, 0.15) is 50.6 Å². The highest BCUT2D eigenvalue weighted by molar-refractivity contribution is 6.31. The smallest absolute Gasteiger partial charge is 0.0637 e. The summed E-state index contributed by atoms with van der Waals surface area (Å²) in [6, 6.07) is 2.03. The molecule has 0 amide bonds. The fourth-order valence-corrected chi connectivity index (χ4v) is 3.11. The van der Waals surface area contributed by atoms with E-state index in [4.69, 9.17) is 17.3 Å². The van der Waals surface area contributed by atoms with Crippen molar-refractivity contribution in [2.45, 2.75) is 45.1 Å². The van der Waals surface area contributed by atoms with Crippen molar-refractivity contribution < 1.29 is 0 Å². The number of hydrogen-bond acceptors (Lipinski definition) is 2. The fraction of sp³-hybridized carbons (Fsp3) is 0.643. The zero-order valence-electron chi connectivity index (χ0n) is 10.4. The molecule has 1 unspecified atom stereocenters. The molecule has 1 atom stereocenters. The van der Waals surface area contributed by atoms with Crippen molar-refractivity contribution in [2.24, 2.45) is 17.6 Å². The minimum absolute atomic E-state index is 0.0725. The molecule has 1 fully saturated rings. The van der Waals surface area contributed by atoms with Gasteiger partial charge in [0.25, 0.3) is 0 Å². The average molecular weight is 253 g/mol. The molecule has 0 saturated heterocycles. The summed E-state index contributed by atoms with van der Waals surface area (Å²) in [4.78, 5) is 4.01. The predicted octanol–water partition coefficient (Wildman–Crippen LogP) is 3.95. The van der Waals surface area contributed by atoms with Crippen LogP contribution in [0.25, 0.3) is 0 Å². The lowest BCUT2D eigenvalue weighted by molar-refractivity contribution is 0.240. The van der Waals surface area contributed by atoms with Gasteiger partial charge in [-0.2, -0.15) is 0 Å². The molecule has 1 heterocycles. The van der Waals surface area contributed by atoms with Crippen molar-refractivity contribution in [1.29, 1.82) is 0 Å². The quantitative estimate of drug-likeness (QED) is 0.885. The maximum Gasteiger partial charge on any atom is 0.0637 e. The number of halogens is 1. The van der Waals surface area contributed by atoms with Gasteiger partial charge in [0.2, 0.25) is 0 Å². The van der Waals surface area contributed by atoms with Crippen LogP contribution in [0.2, 0.25) is 5.02 Å². The van der Waals surface area contributed by atoms with Crippen LogP contribution in [-0.2, 0) is 0 Å². The van der Waals surface area contributed by atoms with Crippen molar-refractivity contribution in [1.82, 2.24) is 4.98 Å². The number of nitrogens with zero attached hydrogens (tertiary/aromatic N) is 1. The zero-order valence-corrected chi connectivity index (χ0v) is 11.2. The molecule has 0 aliphatic heterocycles. The number of hydrogen-bond donors (Lipinski definition) is 1. The van der Waals surface area contributed by atoms with Crippen LogP contribution >= 0.6 is 11.6 Å². The van der Waals surface area contributed by atoms with Crippen LogP contribution in [0, 0.1) is 11.8 Å². The van der Waals surface area contributed by atoms with E-state index < -0.39 is 0 Å². The largest absolute Gasteiger partial charge is 0.324 e. The first-order valence-corrected chi connectivity index (χ1v) is 6.95. The van der Waals surface area contributed by atoms with Gasteiger partial charge in [-0.3, -0.25) is 4.98 Å². The van der Waals surface area contributed by atoms with Crippen LogP contribution in [0.5, 0.6) is 0 Å². The Kier molecular flexibility index (Phi) is 4.41. The molecular formula is C14H21ClN2. The van der Waals surface area contributed by atoms with E-state index in [0.29, 0.717) is 10.9 Å². The number of rotatable bonds is 3. The van der Waals surface area contributed by atoms with E-state index in [1.165, 1.54) is 32.1 Å². The molecule has 0 aromatic carbocycles. The molecule has 0 radical (unpaired) electrons. The van der Waals surface area contributed by atoms with Crippen LogP contribution in [-0.4, -0.2) is 4.98 Å². The lowest BCUT2D eigenvalue weighted by Gasteiger charge is -2.32. The monoisotopic (exact) mass is 252 g/mol. The first kappa shape index (κ1) is 12.8. The molecule has 2 N–H and O–H groups in total. The van der Waals surface area contributed by atoms with E-state index >= 15 is 0 Å². The molecule has 1 aliphatic carbocycles. The molecule has 0 bridgehead atoms. The van der Waals surface area contributed by atoms with E-state index in [9.17, 15) is 0 Å². The molecule has 94 valence electrons. The van der Waals surface area contributed by atoms with Gasteiger partial charge < -0.3 is 5.73 Å². The summed E-state index contributed by atoms with van der Waals surface area (Å²) in [5.41, 5.74) is 7.40. The van der Waals surface area contributed by atoms with Crippen molar-refractivity contribution in [3.63, 3.8) is 0 Å². The maximum atomic E-state index is 6.35. The SMILES string of the molecule is CCC1CCC(C(N)c2ccncc2Cl)CC1. The van der Waals surface area contributed by atoms with Crippen molar-refractivity contribution in [2.75, 3.05) is 0 Å². The molecule has 2 nitrogen and oxygen atoms in total. The van der Waals surface area contributed by atoms with Gasteiger partial charge >= 0.3 is 0 Å². The first-order valence-electron chi connectivity index (χ1n) is 6.57. The summed E-state index contributed by atoms with van der Waals surface area (Å²) >= 11 is 6.15. The van der Waals surface area contributed by atoms with Crippen molar-refractivity contribution >= 4 is 11.6 Å². The lowest BCUT2D eigenvalue weighted by atomic mass is 9.76.